The van der Waals surface area contributed by atoms with Gasteiger partial charge in [-0.1, -0.05) is 67.9 Å². The second-order valence-electron chi connectivity index (χ2n) is 6.82. The predicted molar refractivity (Wildman–Crippen MR) is 97.6 cm³/mol. The first kappa shape index (κ1) is 14.7. The zero-order valence-corrected chi connectivity index (χ0v) is 14.0. The zero-order chi connectivity index (χ0) is 15.6. The maximum Gasteiger partial charge on any atom is 0.0208 e. The van der Waals surface area contributed by atoms with E-state index < -0.39 is 0 Å². The molecule has 2 aromatic carbocycles. The highest BCUT2D eigenvalue weighted by molar-refractivity contribution is 5.89. The Labute approximate surface area is 139 Å². The van der Waals surface area contributed by atoms with E-state index in [1.165, 1.54) is 49.1 Å². The Balaban J connectivity index is 1.77. The molecule has 4 rings (SSSR count). The lowest BCUT2D eigenvalue weighted by Crippen LogP contribution is -2.34. The molecule has 1 heterocycles. The van der Waals surface area contributed by atoms with Crippen molar-refractivity contribution in [3.05, 3.63) is 76.9 Å². The van der Waals surface area contributed by atoms with Gasteiger partial charge in [0, 0.05) is 12.5 Å². The average molecular weight is 303 g/mol. The summed E-state index contributed by atoms with van der Waals surface area (Å²) in [5.41, 5.74) is 7.56. The van der Waals surface area contributed by atoms with Crippen molar-refractivity contribution in [2.24, 2.45) is 0 Å². The first-order valence-corrected chi connectivity index (χ1v) is 8.98. The minimum Gasteiger partial charge on any atom is -0.299 e. The summed E-state index contributed by atoms with van der Waals surface area (Å²) in [6.07, 6.45) is 3.86. The second-order valence-corrected chi connectivity index (χ2v) is 6.82. The van der Waals surface area contributed by atoms with Crippen LogP contribution in [0.3, 0.4) is 0 Å². The minimum atomic E-state index is 0.638. The van der Waals surface area contributed by atoms with Gasteiger partial charge in [-0.05, 0) is 53.8 Å². The minimum absolute atomic E-state index is 0.638. The lowest BCUT2D eigenvalue weighted by Gasteiger charge is -2.33. The SMILES string of the molecule is CCCCN1CCC2C(=C(c3ccccc3)c3ccccc32)C1. The molecule has 2 aromatic rings. The third-order valence-corrected chi connectivity index (χ3v) is 5.37. The van der Waals surface area contributed by atoms with Gasteiger partial charge in [0.1, 0.15) is 0 Å². The van der Waals surface area contributed by atoms with Gasteiger partial charge in [0.2, 0.25) is 0 Å². The van der Waals surface area contributed by atoms with Gasteiger partial charge >= 0.3 is 0 Å². The van der Waals surface area contributed by atoms with Crippen LogP contribution in [0.15, 0.2) is 60.2 Å². The van der Waals surface area contributed by atoms with Crippen LogP contribution < -0.4 is 0 Å². The van der Waals surface area contributed by atoms with Crippen molar-refractivity contribution in [1.82, 2.24) is 4.90 Å². The van der Waals surface area contributed by atoms with Gasteiger partial charge in [-0.25, -0.2) is 0 Å². The Morgan fingerprint density at radius 2 is 1.78 bits per heavy atom. The summed E-state index contributed by atoms with van der Waals surface area (Å²) >= 11 is 0. The number of nitrogens with zero attached hydrogens (tertiary/aromatic N) is 1. The fraction of sp³-hybridized carbons (Fsp3) is 0.364. The molecule has 1 atom stereocenters. The molecule has 0 aromatic heterocycles. The molecule has 0 N–H and O–H groups in total. The smallest absolute Gasteiger partial charge is 0.0208 e. The van der Waals surface area contributed by atoms with Gasteiger partial charge in [0.25, 0.3) is 0 Å². The molecule has 1 nitrogen and oxygen atoms in total. The van der Waals surface area contributed by atoms with E-state index in [1.807, 2.05) is 0 Å². The maximum absolute atomic E-state index is 2.66. The van der Waals surface area contributed by atoms with E-state index in [0.717, 1.165) is 6.54 Å². The van der Waals surface area contributed by atoms with E-state index in [-0.39, 0.29) is 0 Å². The van der Waals surface area contributed by atoms with Crippen LogP contribution in [0.1, 0.15) is 48.8 Å². The number of unbranched alkanes of at least 4 members (excludes halogenated alkanes) is 1. The third kappa shape index (κ3) is 2.64. The van der Waals surface area contributed by atoms with E-state index in [1.54, 1.807) is 11.1 Å². The van der Waals surface area contributed by atoms with E-state index in [2.05, 4.69) is 66.4 Å². The van der Waals surface area contributed by atoms with Crippen LogP contribution >= 0.6 is 0 Å². The maximum atomic E-state index is 2.66. The summed E-state index contributed by atoms with van der Waals surface area (Å²) < 4.78 is 0. The van der Waals surface area contributed by atoms with Gasteiger partial charge in [-0.3, -0.25) is 4.90 Å². The highest BCUT2D eigenvalue weighted by Gasteiger charge is 2.35. The summed E-state index contributed by atoms with van der Waals surface area (Å²) in [5, 5.41) is 0. The van der Waals surface area contributed by atoms with Crippen LogP contribution in [0.2, 0.25) is 0 Å². The van der Waals surface area contributed by atoms with Gasteiger partial charge in [0.05, 0.1) is 0 Å². The van der Waals surface area contributed by atoms with Crippen molar-refractivity contribution in [2.45, 2.75) is 32.1 Å². The van der Waals surface area contributed by atoms with Gasteiger partial charge in [0.15, 0.2) is 0 Å². The standard InChI is InChI=1S/C22H25N/c1-2-3-14-23-15-13-19-18-11-7-8-12-20(18)22(21(19)16-23)17-9-5-4-6-10-17/h4-12,19H,2-3,13-16H2,1H3. The first-order chi connectivity index (χ1) is 11.4. The number of benzene rings is 2. The van der Waals surface area contributed by atoms with E-state index in [4.69, 9.17) is 0 Å². The molecule has 2 aliphatic rings. The number of fused-ring (bicyclic) bond motifs is 3. The van der Waals surface area contributed by atoms with Crippen molar-refractivity contribution in [1.29, 1.82) is 0 Å². The van der Waals surface area contributed by atoms with Gasteiger partial charge in [-0.15, -0.1) is 0 Å². The number of rotatable bonds is 4. The predicted octanol–water partition coefficient (Wildman–Crippen LogP) is 5.09. The van der Waals surface area contributed by atoms with Crippen LogP contribution in [0.25, 0.3) is 5.57 Å². The highest BCUT2D eigenvalue weighted by Crippen LogP contribution is 2.48. The van der Waals surface area contributed by atoms with E-state index in [9.17, 15) is 0 Å². The fourth-order valence-corrected chi connectivity index (χ4v) is 4.23. The molecular formula is C22H25N. The molecule has 1 fully saturated rings. The van der Waals surface area contributed by atoms with Gasteiger partial charge < -0.3 is 0 Å². The molecule has 0 bridgehead atoms. The average Bonchev–Trinajstić information content (AvgIpc) is 2.94. The number of piperidine rings is 1. The molecule has 0 amide bonds. The Morgan fingerprint density at radius 3 is 2.61 bits per heavy atom. The molecule has 0 spiro atoms. The molecule has 1 saturated heterocycles. The van der Waals surface area contributed by atoms with Crippen LogP contribution in [-0.2, 0) is 0 Å². The van der Waals surface area contributed by atoms with Crippen LogP contribution in [0.5, 0.6) is 0 Å². The summed E-state index contributed by atoms with van der Waals surface area (Å²) in [7, 11) is 0. The lowest BCUT2D eigenvalue weighted by molar-refractivity contribution is 0.252. The number of likely N-dealkylation sites (tertiary alicyclic amines) is 1. The summed E-state index contributed by atoms with van der Waals surface area (Å²) in [5.74, 6) is 0.638. The molecule has 118 valence electrons. The molecule has 23 heavy (non-hydrogen) atoms. The molecular weight excluding hydrogens is 278 g/mol. The Morgan fingerprint density at radius 1 is 1.00 bits per heavy atom. The molecule has 0 saturated carbocycles. The molecule has 1 unspecified atom stereocenters. The fourth-order valence-electron chi connectivity index (χ4n) is 4.23. The van der Waals surface area contributed by atoms with E-state index >= 15 is 0 Å². The van der Waals surface area contributed by atoms with Crippen LogP contribution in [0.4, 0.5) is 0 Å². The number of hydrogen-bond acceptors (Lipinski definition) is 1. The van der Waals surface area contributed by atoms with Crippen molar-refractivity contribution in [3.8, 4) is 0 Å². The van der Waals surface area contributed by atoms with Crippen molar-refractivity contribution in [3.63, 3.8) is 0 Å². The molecule has 1 aliphatic carbocycles. The van der Waals surface area contributed by atoms with Gasteiger partial charge in [-0.2, -0.15) is 0 Å². The van der Waals surface area contributed by atoms with Crippen LogP contribution in [0, 0.1) is 0 Å². The molecule has 1 aliphatic heterocycles. The highest BCUT2D eigenvalue weighted by atomic mass is 15.1. The van der Waals surface area contributed by atoms with Crippen molar-refractivity contribution < 1.29 is 0 Å². The summed E-state index contributed by atoms with van der Waals surface area (Å²) in [4.78, 5) is 2.66. The second kappa shape index (κ2) is 6.33. The normalized spacial score (nSPS) is 20.5. The Kier molecular flexibility index (Phi) is 4.05. The largest absolute Gasteiger partial charge is 0.299 e. The topological polar surface area (TPSA) is 3.24 Å². The first-order valence-electron chi connectivity index (χ1n) is 8.98. The summed E-state index contributed by atoms with van der Waals surface area (Å²) in [6.45, 7) is 5.91. The quantitative estimate of drug-likeness (QED) is 0.760. The van der Waals surface area contributed by atoms with Crippen molar-refractivity contribution in [2.75, 3.05) is 19.6 Å². The number of hydrogen-bond donors (Lipinski definition) is 0. The van der Waals surface area contributed by atoms with Crippen LogP contribution in [-0.4, -0.2) is 24.5 Å². The Bertz CT molecular complexity index is 714. The summed E-state index contributed by atoms with van der Waals surface area (Å²) in [6, 6.07) is 20.0. The van der Waals surface area contributed by atoms with E-state index in [0.29, 0.717) is 5.92 Å². The third-order valence-electron chi connectivity index (χ3n) is 5.37. The monoisotopic (exact) mass is 303 g/mol. The van der Waals surface area contributed by atoms with Crippen molar-refractivity contribution >= 4 is 5.57 Å². The molecule has 0 radical (unpaired) electrons. The zero-order valence-electron chi connectivity index (χ0n) is 14.0. The Hall–Kier alpha value is -1.86. The lowest BCUT2D eigenvalue weighted by atomic mass is 9.88. The molecule has 1 heteroatoms.